The molecule has 102 valence electrons. The monoisotopic (exact) mass is 265 g/mol. The lowest BCUT2D eigenvalue weighted by Crippen LogP contribution is -2.41. The molecule has 1 amide bonds. The van der Waals surface area contributed by atoms with Gasteiger partial charge < -0.3 is 10.1 Å². The van der Waals surface area contributed by atoms with E-state index in [4.69, 9.17) is 0 Å². The molecule has 4 nitrogen and oxygen atoms in total. The van der Waals surface area contributed by atoms with Crippen molar-refractivity contribution in [3.8, 4) is 0 Å². The average Bonchev–Trinajstić information content (AvgIpc) is 2.37. The molecule has 1 aromatic rings. The molecule has 0 bridgehead atoms. The number of benzene rings is 1. The molecular formula is C14H16FNO3. The van der Waals surface area contributed by atoms with Crippen LogP contribution < -0.4 is 5.32 Å². The maximum absolute atomic E-state index is 13.0. The van der Waals surface area contributed by atoms with E-state index < -0.39 is 17.8 Å². The molecule has 19 heavy (non-hydrogen) atoms. The molecule has 0 unspecified atom stereocenters. The molecule has 1 aromatic carbocycles. The topological polar surface area (TPSA) is 55.4 Å². The lowest BCUT2D eigenvalue weighted by atomic mass is 10.1. The van der Waals surface area contributed by atoms with Gasteiger partial charge in [-0.1, -0.05) is 18.2 Å². The first-order chi connectivity index (χ1) is 9.06. The maximum Gasteiger partial charge on any atom is 0.328 e. The second-order valence-electron chi connectivity index (χ2n) is 3.97. The molecule has 5 heteroatoms. The molecule has 0 fully saturated rings. The predicted octanol–water partition coefficient (Wildman–Crippen LogP) is 1.60. The number of methoxy groups -OCH3 is 1. The highest BCUT2D eigenvalue weighted by atomic mass is 19.1. The van der Waals surface area contributed by atoms with Crippen LogP contribution in [0.4, 0.5) is 4.39 Å². The Kier molecular flexibility index (Phi) is 5.73. The van der Waals surface area contributed by atoms with Crippen molar-refractivity contribution in [2.24, 2.45) is 0 Å². The normalized spacial score (nSPS) is 11.5. The molecule has 0 heterocycles. The smallest absolute Gasteiger partial charge is 0.328 e. The number of halogens is 1. The molecule has 0 aliphatic carbocycles. The third-order valence-corrected chi connectivity index (χ3v) is 2.48. The molecule has 0 spiro atoms. The van der Waals surface area contributed by atoms with E-state index in [1.54, 1.807) is 6.07 Å². The second-order valence-corrected chi connectivity index (χ2v) is 3.97. The summed E-state index contributed by atoms with van der Waals surface area (Å²) in [5, 5.41) is 2.53. The summed E-state index contributed by atoms with van der Waals surface area (Å²) in [5.41, 5.74) is 0.541. The molecule has 0 aromatic heterocycles. The Hall–Kier alpha value is -2.17. The van der Waals surface area contributed by atoms with Crippen molar-refractivity contribution in [3.05, 3.63) is 48.3 Å². The molecule has 0 aliphatic heterocycles. The van der Waals surface area contributed by atoms with Crippen molar-refractivity contribution < 1.29 is 18.7 Å². The number of carbonyl (C=O) groups is 2. The van der Waals surface area contributed by atoms with Crippen molar-refractivity contribution >= 4 is 11.9 Å². The highest BCUT2D eigenvalue weighted by Gasteiger charge is 2.19. The largest absolute Gasteiger partial charge is 0.467 e. The maximum atomic E-state index is 13.0. The molecule has 1 atom stereocenters. The van der Waals surface area contributed by atoms with Crippen LogP contribution in [0, 0.1) is 5.82 Å². The highest BCUT2D eigenvalue weighted by Crippen LogP contribution is 2.05. The van der Waals surface area contributed by atoms with E-state index in [1.165, 1.54) is 31.4 Å². The summed E-state index contributed by atoms with van der Waals surface area (Å²) in [4.78, 5) is 23.2. The summed E-state index contributed by atoms with van der Waals surface area (Å²) < 4.78 is 17.5. The quantitative estimate of drug-likeness (QED) is 0.628. The van der Waals surface area contributed by atoms with Crippen LogP contribution in [-0.2, 0) is 20.7 Å². The summed E-state index contributed by atoms with van der Waals surface area (Å²) in [6.07, 6.45) is 1.80. The van der Waals surface area contributed by atoms with Crippen molar-refractivity contribution in [2.75, 3.05) is 7.11 Å². The van der Waals surface area contributed by atoms with Crippen LogP contribution in [0.3, 0.4) is 0 Å². The van der Waals surface area contributed by atoms with E-state index in [0.29, 0.717) is 5.56 Å². The van der Waals surface area contributed by atoms with Gasteiger partial charge in [-0.2, -0.15) is 0 Å². The second kappa shape index (κ2) is 7.31. The Labute approximate surface area is 111 Å². The zero-order valence-corrected chi connectivity index (χ0v) is 10.7. The fourth-order valence-corrected chi connectivity index (χ4v) is 1.60. The van der Waals surface area contributed by atoms with Crippen LogP contribution >= 0.6 is 0 Å². The van der Waals surface area contributed by atoms with E-state index in [9.17, 15) is 14.0 Å². The summed E-state index contributed by atoms with van der Waals surface area (Å²) in [7, 11) is 1.25. The first-order valence-corrected chi connectivity index (χ1v) is 5.79. The third kappa shape index (κ3) is 4.91. The van der Waals surface area contributed by atoms with Crippen LogP contribution in [0.5, 0.6) is 0 Å². The van der Waals surface area contributed by atoms with Crippen molar-refractivity contribution in [1.29, 1.82) is 0 Å². The van der Waals surface area contributed by atoms with Gasteiger partial charge in [0.05, 0.1) is 13.5 Å². The summed E-state index contributed by atoms with van der Waals surface area (Å²) in [6.45, 7) is 3.51. The van der Waals surface area contributed by atoms with Gasteiger partial charge in [-0.05, 0) is 24.1 Å². The van der Waals surface area contributed by atoms with Gasteiger partial charge in [-0.15, -0.1) is 6.58 Å². The third-order valence-electron chi connectivity index (χ3n) is 2.48. The molecule has 0 aliphatic rings. The number of amides is 1. The van der Waals surface area contributed by atoms with Crippen LogP contribution in [-0.4, -0.2) is 25.0 Å². The summed E-state index contributed by atoms with van der Waals surface area (Å²) >= 11 is 0. The van der Waals surface area contributed by atoms with Crippen LogP contribution in [0.25, 0.3) is 0 Å². The molecule has 0 saturated heterocycles. The summed E-state index contributed by atoms with van der Waals surface area (Å²) in [5.74, 6) is -1.31. The van der Waals surface area contributed by atoms with Crippen molar-refractivity contribution in [3.63, 3.8) is 0 Å². The van der Waals surface area contributed by atoms with Gasteiger partial charge in [0.25, 0.3) is 0 Å². The van der Waals surface area contributed by atoms with E-state index in [-0.39, 0.29) is 18.7 Å². The van der Waals surface area contributed by atoms with Gasteiger partial charge in [0.2, 0.25) is 5.91 Å². The van der Waals surface area contributed by atoms with E-state index in [1.807, 2.05) is 0 Å². The lowest BCUT2D eigenvalue weighted by Gasteiger charge is -2.14. The molecule has 0 saturated carbocycles. The SMILES string of the molecule is C=CC[C@H](NC(=O)Cc1cccc(F)c1)C(=O)OC. The highest BCUT2D eigenvalue weighted by molar-refractivity contribution is 5.85. The molecular weight excluding hydrogens is 249 g/mol. The fraction of sp³-hybridized carbons (Fsp3) is 0.286. The standard InChI is InChI=1S/C14H16FNO3/c1-3-5-12(14(18)19-2)16-13(17)9-10-6-4-7-11(15)8-10/h3-4,6-8,12H,1,5,9H2,2H3,(H,16,17)/t12-/m0/s1. The molecule has 1 rings (SSSR count). The van der Waals surface area contributed by atoms with E-state index >= 15 is 0 Å². The van der Waals surface area contributed by atoms with Crippen LogP contribution in [0.2, 0.25) is 0 Å². The fourth-order valence-electron chi connectivity index (χ4n) is 1.60. The first kappa shape index (κ1) is 14.9. The minimum atomic E-state index is -0.761. The van der Waals surface area contributed by atoms with Gasteiger partial charge in [-0.3, -0.25) is 4.79 Å². The van der Waals surface area contributed by atoms with E-state index in [2.05, 4.69) is 16.6 Å². The molecule has 0 radical (unpaired) electrons. The number of nitrogens with one attached hydrogen (secondary N) is 1. The van der Waals surface area contributed by atoms with E-state index in [0.717, 1.165) is 0 Å². The zero-order valence-electron chi connectivity index (χ0n) is 10.7. The number of hydrogen-bond donors (Lipinski definition) is 1. The zero-order chi connectivity index (χ0) is 14.3. The molecule has 1 N–H and O–H groups in total. The van der Waals surface area contributed by atoms with Crippen molar-refractivity contribution in [1.82, 2.24) is 5.32 Å². The van der Waals surface area contributed by atoms with Crippen LogP contribution in [0.1, 0.15) is 12.0 Å². The Bertz CT molecular complexity index is 474. The number of ether oxygens (including phenoxy) is 1. The number of hydrogen-bond acceptors (Lipinski definition) is 3. The minimum absolute atomic E-state index is 0.00238. The minimum Gasteiger partial charge on any atom is -0.467 e. The Morgan fingerprint density at radius 2 is 2.26 bits per heavy atom. The Morgan fingerprint density at radius 3 is 2.84 bits per heavy atom. The number of carbonyl (C=O) groups excluding carboxylic acids is 2. The van der Waals surface area contributed by atoms with Gasteiger partial charge in [0.15, 0.2) is 0 Å². The van der Waals surface area contributed by atoms with Gasteiger partial charge >= 0.3 is 5.97 Å². The number of rotatable bonds is 6. The van der Waals surface area contributed by atoms with Gasteiger partial charge in [0, 0.05) is 0 Å². The van der Waals surface area contributed by atoms with Crippen molar-refractivity contribution in [2.45, 2.75) is 18.9 Å². The first-order valence-electron chi connectivity index (χ1n) is 5.79. The Morgan fingerprint density at radius 1 is 1.53 bits per heavy atom. The average molecular weight is 265 g/mol. The summed E-state index contributed by atoms with van der Waals surface area (Å²) in [6, 6.07) is 4.99. The van der Waals surface area contributed by atoms with Crippen LogP contribution in [0.15, 0.2) is 36.9 Å². The Balaban J connectivity index is 2.62. The van der Waals surface area contributed by atoms with Gasteiger partial charge in [0.1, 0.15) is 11.9 Å². The number of esters is 1. The lowest BCUT2D eigenvalue weighted by molar-refractivity contribution is -0.144. The van der Waals surface area contributed by atoms with Gasteiger partial charge in [-0.25, -0.2) is 9.18 Å². The predicted molar refractivity (Wildman–Crippen MR) is 68.9 cm³/mol.